The van der Waals surface area contributed by atoms with Gasteiger partial charge in [0.15, 0.2) is 0 Å². The lowest BCUT2D eigenvalue weighted by Gasteiger charge is -2.28. The number of fused-ring (bicyclic) bond motifs is 1. The fourth-order valence-corrected chi connectivity index (χ4v) is 4.18. The zero-order valence-corrected chi connectivity index (χ0v) is 18.6. The molecule has 9 heteroatoms. The van der Waals surface area contributed by atoms with Crippen LogP contribution in [0.5, 0.6) is 0 Å². The fraction of sp³-hybridized carbons (Fsp3) is 0.417. The van der Waals surface area contributed by atoms with Gasteiger partial charge in [-0.3, -0.25) is 4.79 Å². The first-order valence-electron chi connectivity index (χ1n) is 10.9. The summed E-state index contributed by atoms with van der Waals surface area (Å²) in [6.45, 7) is 6.21. The molecule has 0 radical (unpaired) electrons. The maximum Gasteiger partial charge on any atom is 0.416 e. The number of hydrogen-bond acceptors (Lipinski definition) is 5. The number of nitrogens with zero attached hydrogens (tertiary/aromatic N) is 3. The van der Waals surface area contributed by atoms with E-state index in [1.54, 1.807) is 13.0 Å². The molecule has 2 aromatic heterocycles. The molecule has 0 aliphatic carbocycles. The van der Waals surface area contributed by atoms with Crippen LogP contribution in [0.15, 0.2) is 36.5 Å². The van der Waals surface area contributed by atoms with Crippen molar-refractivity contribution in [2.45, 2.75) is 32.9 Å². The van der Waals surface area contributed by atoms with Crippen LogP contribution in [-0.2, 0) is 33.3 Å². The summed E-state index contributed by atoms with van der Waals surface area (Å²) in [5, 5.41) is 0. The smallest absolute Gasteiger partial charge is 0.416 e. The predicted octanol–water partition coefficient (Wildman–Crippen LogP) is 4.19. The summed E-state index contributed by atoms with van der Waals surface area (Å²) in [6.07, 6.45) is -2.34. The lowest BCUT2D eigenvalue weighted by Crippen LogP contribution is -2.36. The van der Waals surface area contributed by atoms with Crippen molar-refractivity contribution in [3.63, 3.8) is 0 Å². The number of benzene rings is 1. The third kappa shape index (κ3) is 4.98. The largest absolute Gasteiger partial charge is 0.466 e. The van der Waals surface area contributed by atoms with Crippen LogP contribution in [0.4, 0.5) is 18.9 Å². The summed E-state index contributed by atoms with van der Waals surface area (Å²) >= 11 is 0. The van der Waals surface area contributed by atoms with E-state index in [9.17, 15) is 18.0 Å². The van der Waals surface area contributed by atoms with Gasteiger partial charge in [0.1, 0.15) is 5.65 Å². The first-order valence-corrected chi connectivity index (χ1v) is 10.9. The summed E-state index contributed by atoms with van der Waals surface area (Å²) in [5.41, 5.74) is 2.83. The van der Waals surface area contributed by atoms with Gasteiger partial charge in [-0.25, -0.2) is 4.98 Å². The van der Waals surface area contributed by atoms with Crippen molar-refractivity contribution in [2.24, 2.45) is 0 Å². The predicted molar refractivity (Wildman–Crippen MR) is 118 cm³/mol. The Morgan fingerprint density at radius 1 is 1.18 bits per heavy atom. The molecule has 0 amide bonds. The number of alkyl halides is 3. The van der Waals surface area contributed by atoms with E-state index in [0.717, 1.165) is 24.8 Å². The highest BCUT2D eigenvalue weighted by Gasteiger charge is 2.33. The second-order valence-corrected chi connectivity index (χ2v) is 7.97. The number of hydrogen-bond donors (Lipinski definition) is 0. The molecule has 1 aliphatic rings. The van der Waals surface area contributed by atoms with Crippen molar-refractivity contribution in [2.75, 3.05) is 37.8 Å². The Labute approximate surface area is 189 Å². The van der Waals surface area contributed by atoms with Gasteiger partial charge in [-0.05, 0) is 43.2 Å². The Kier molecular flexibility index (Phi) is 6.60. The van der Waals surface area contributed by atoms with Crippen molar-refractivity contribution >= 4 is 17.3 Å². The van der Waals surface area contributed by atoms with Crippen molar-refractivity contribution in [1.29, 1.82) is 0 Å². The minimum Gasteiger partial charge on any atom is -0.466 e. The molecule has 3 heterocycles. The number of imidazole rings is 1. The first kappa shape index (κ1) is 23.1. The molecule has 0 saturated carbocycles. The summed E-state index contributed by atoms with van der Waals surface area (Å²) in [4.78, 5) is 19.0. The molecular formula is C24H26F3N3O3. The molecule has 1 fully saturated rings. The third-order valence-corrected chi connectivity index (χ3v) is 5.89. The van der Waals surface area contributed by atoms with Gasteiger partial charge >= 0.3 is 12.1 Å². The van der Waals surface area contributed by atoms with Crippen LogP contribution in [0.2, 0.25) is 0 Å². The lowest BCUT2D eigenvalue weighted by molar-refractivity contribution is -0.142. The molecule has 176 valence electrons. The fourth-order valence-electron chi connectivity index (χ4n) is 4.18. The van der Waals surface area contributed by atoms with E-state index in [1.807, 2.05) is 22.7 Å². The van der Waals surface area contributed by atoms with Gasteiger partial charge in [-0.15, -0.1) is 0 Å². The van der Waals surface area contributed by atoms with E-state index in [1.165, 1.54) is 13.0 Å². The van der Waals surface area contributed by atoms with Gasteiger partial charge in [0.05, 0.1) is 48.9 Å². The van der Waals surface area contributed by atoms with E-state index < -0.39 is 17.7 Å². The number of esters is 1. The number of halogens is 3. The third-order valence-electron chi connectivity index (χ3n) is 5.89. The summed E-state index contributed by atoms with van der Waals surface area (Å²) in [7, 11) is 0. The average Bonchev–Trinajstić information content (AvgIpc) is 3.11. The van der Waals surface area contributed by atoms with Gasteiger partial charge < -0.3 is 18.8 Å². The molecule has 0 N–H and O–H groups in total. The van der Waals surface area contributed by atoms with Crippen molar-refractivity contribution in [3.8, 4) is 0 Å². The van der Waals surface area contributed by atoms with Crippen LogP contribution >= 0.6 is 0 Å². The molecule has 33 heavy (non-hydrogen) atoms. The van der Waals surface area contributed by atoms with Crippen LogP contribution < -0.4 is 4.90 Å². The zero-order chi connectivity index (χ0) is 23.6. The summed E-state index contributed by atoms with van der Waals surface area (Å²) in [5.74, 6) is -0.420. The molecule has 0 atom stereocenters. The monoisotopic (exact) mass is 461 g/mol. The lowest BCUT2D eigenvalue weighted by atomic mass is 9.97. The van der Waals surface area contributed by atoms with Crippen molar-refractivity contribution < 1.29 is 27.4 Å². The van der Waals surface area contributed by atoms with Gasteiger partial charge in [-0.1, -0.05) is 12.1 Å². The minimum absolute atomic E-state index is 0.0459. The molecular weight excluding hydrogens is 435 g/mol. The van der Waals surface area contributed by atoms with Crippen LogP contribution in [0.1, 0.15) is 35.0 Å². The number of rotatable bonds is 6. The van der Waals surface area contributed by atoms with Crippen molar-refractivity contribution in [3.05, 3.63) is 64.6 Å². The second-order valence-electron chi connectivity index (χ2n) is 7.97. The van der Waals surface area contributed by atoms with Gasteiger partial charge in [0, 0.05) is 25.7 Å². The first-order chi connectivity index (χ1) is 15.8. The van der Waals surface area contributed by atoms with E-state index in [0.29, 0.717) is 35.8 Å². The normalized spacial score (nSPS) is 14.6. The average molecular weight is 461 g/mol. The zero-order valence-electron chi connectivity index (χ0n) is 18.6. The molecule has 0 unspecified atom stereocenters. The van der Waals surface area contributed by atoms with E-state index >= 15 is 0 Å². The van der Waals surface area contributed by atoms with E-state index in [2.05, 4.69) is 9.88 Å². The van der Waals surface area contributed by atoms with Crippen LogP contribution in [0.3, 0.4) is 0 Å². The Morgan fingerprint density at radius 3 is 2.64 bits per heavy atom. The highest BCUT2D eigenvalue weighted by molar-refractivity contribution is 5.73. The summed E-state index contributed by atoms with van der Waals surface area (Å²) < 4.78 is 52.8. The highest BCUT2D eigenvalue weighted by Crippen LogP contribution is 2.34. The Hall–Kier alpha value is -3.07. The molecule has 0 bridgehead atoms. The molecule has 1 aliphatic heterocycles. The number of anilines is 1. The maximum absolute atomic E-state index is 13.5. The molecule has 4 rings (SSSR count). The topological polar surface area (TPSA) is 56.1 Å². The number of carbonyl (C=O) groups excluding carboxylic acids is 1. The number of morpholine rings is 1. The second kappa shape index (κ2) is 9.43. The quantitative estimate of drug-likeness (QED) is 0.515. The van der Waals surface area contributed by atoms with Crippen LogP contribution in [-0.4, -0.2) is 48.3 Å². The Bertz CT molecular complexity index is 1150. The minimum atomic E-state index is -4.43. The molecule has 0 spiro atoms. The van der Waals surface area contributed by atoms with Gasteiger partial charge in [0.25, 0.3) is 0 Å². The molecule has 3 aromatic rings. The summed E-state index contributed by atoms with van der Waals surface area (Å²) in [6, 6.07) is 8.01. The Balaban J connectivity index is 1.79. The molecule has 1 saturated heterocycles. The standard InChI is InChI=1S/C24H26F3N3O3/c1-3-33-23(31)14-20-21(13-17-5-4-6-19(16(17)2)24(25,26)27)30-15-18(7-8-22(30)28-20)29-9-11-32-12-10-29/h4-8,15H,3,9-14H2,1-2H3. The number of aromatic nitrogens is 2. The van der Waals surface area contributed by atoms with E-state index in [-0.39, 0.29) is 25.0 Å². The van der Waals surface area contributed by atoms with Crippen molar-refractivity contribution in [1.82, 2.24) is 9.38 Å². The van der Waals surface area contributed by atoms with Crippen LogP contribution in [0, 0.1) is 6.92 Å². The molecule has 1 aromatic carbocycles. The molecule has 6 nitrogen and oxygen atoms in total. The number of pyridine rings is 1. The Morgan fingerprint density at radius 2 is 1.94 bits per heavy atom. The highest BCUT2D eigenvalue weighted by atomic mass is 19.4. The van der Waals surface area contributed by atoms with Crippen LogP contribution in [0.25, 0.3) is 5.65 Å². The van der Waals surface area contributed by atoms with E-state index in [4.69, 9.17) is 9.47 Å². The number of carbonyl (C=O) groups is 1. The van der Waals surface area contributed by atoms with Gasteiger partial charge in [-0.2, -0.15) is 13.2 Å². The van der Waals surface area contributed by atoms with Gasteiger partial charge in [0.2, 0.25) is 0 Å². The maximum atomic E-state index is 13.5. The number of ether oxygens (including phenoxy) is 2. The SMILES string of the molecule is CCOC(=O)Cc1nc2ccc(N3CCOCC3)cn2c1Cc1cccc(C(F)(F)F)c1C.